The number of likely N-dealkylation sites (N-methyl/N-ethyl adjacent to an activating group) is 3. The second-order valence-electron chi connectivity index (χ2n) is 9.80. The third-order valence-electron chi connectivity index (χ3n) is 6.41. The van der Waals surface area contributed by atoms with Gasteiger partial charge in [0, 0.05) is 38.3 Å². The van der Waals surface area contributed by atoms with Crippen LogP contribution in [-0.4, -0.2) is 82.1 Å². The lowest BCUT2D eigenvalue weighted by atomic mass is 10.0. The summed E-state index contributed by atoms with van der Waals surface area (Å²) in [5.41, 5.74) is 0.822. The zero-order chi connectivity index (χ0) is 32.9. The van der Waals surface area contributed by atoms with Crippen molar-refractivity contribution in [3.63, 3.8) is 0 Å². The second-order valence-corrected chi connectivity index (χ2v) is 9.80. The van der Waals surface area contributed by atoms with E-state index in [1.54, 1.807) is 19.1 Å². The topological polar surface area (TPSA) is 127 Å². The van der Waals surface area contributed by atoms with Crippen molar-refractivity contribution in [2.45, 2.75) is 37.3 Å². The number of benzene rings is 2. The largest absolute Gasteiger partial charge is 0.416 e. The molecule has 0 saturated carbocycles. The zero-order valence-electron chi connectivity index (χ0n) is 24.5. The van der Waals surface area contributed by atoms with Crippen LogP contribution in [0.15, 0.2) is 48.5 Å². The third-order valence-corrected chi connectivity index (χ3v) is 6.41. The molecule has 0 aromatic heterocycles. The van der Waals surface area contributed by atoms with Crippen LogP contribution in [0.1, 0.15) is 23.1 Å². The first-order chi connectivity index (χ1) is 20.7. The minimum atomic E-state index is -4.68. The molecule has 0 saturated heterocycles. The van der Waals surface area contributed by atoms with E-state index in [1.165, 1.54) is 13.1 Å². The maximum atomic E-state index is 13.2. The van der Waals surface area contributed by atoms with Crippen molar-refractivity contribution < 1.29 is 40.7 Å². The molecule has 6 N–H and O–H groups in total. The normalized spacial score (nSPS) is 13.3. The van der Waals surface area contributed by atoms with Gasteiger partial charge in [0.2, 0.25) is 17.7 Å². The van der Waals surface area contributed by atoms with E-state index in [2.05, 4.69) is 32.0 Å². The third kappa shape index (κ3) is 12.1. The van der Waals surface area contributed by atoms with Crippen LogP contribution < -0.4 is 32.0 Å². The number of alkyl halides is 6. The molecule has 10 nitrogen and oxygen atoms in total. The molecule has 2 atom stereocenters. The number of hydrazine groups is 1. The average molecular weight is 634 g/mol. The van der Waals surface area contributed by atoms with Gasteiger partial charge in [-0.25, -0.2) is 5.01 Å². The summed E-state index contributed by atoms with van der Waals surface area (Å²) < 4.78 is 78.6. The molecule has 2 rings (SSSR count). The minimum Gasteiger partial charge on any atom is -0.343 e. The number of anilines is 1. The van der Waals surface area contributed by atoms with Crippen LogP contribution in [0.4, 0.5) is 32.0 Å². The highest BCUT2D eigenvalue weighted by atomic mass is 19.4. The number of rotatable bonds is 16. The van der Waals surface area contributed by atoms with Crippen molar-refractivity contribution >= 4 is 23.4 Å². The first-order valence-electron chi connectivity index (χ1n) is 13.6. The number of carbonyl (C=O) groups is 3. The molecule has 2 aromatic carbocycles. The number of nitrogens with zero attached hydrogens (tertiary/aromatic N) is 1. The van der Waals surface area contributed by atoms with Crippen LogP contribution in [0.25, 0.3) is 0 Å². The zero-order valence-corrected chi connectivity index (χ0v) is 24.5. The molecule has 244 valence electrons. The van der Waals surface area contributed by atoms with Crippen molar-refractivity contribution in [1.82, 2.24) is 31.7 Å². The lowest BCUT2D eigenvalue weighted by Gasteiger charge is -2.25. The highest BCUT2D eigenvalue weighted by Gasteiger charge is 2.32. The van der Waals surface area contributed by atoms with Crippen LogP contribution in [0.2, 0.25) is 0 Å². The quantitative estimate of drug-likeness (QED) is 0.124. The number of halogens is 6. The molecule has 0 radical (unpaired) electrons. The highest BCUT2D eigenvalue weighted by Crippen LogP contribution is 2.31. The monoisotopic (exact) mass is 633 g/mol. The molecule has 0 spiro atoms. The first kappa shape index (κ1) is 36.5. The molecule has 2 aromatic rings. The predicted octanol–water partition coefficient (Wildman–Crippen LogP) is 2.14. The molecule has 44 heavy (non-hydrogen) atoms. The highest BCUT2D eigenvalue weighted by molar-refractivity contribution is 5.98. The van der Waals surface area contributed by atoms with Gasteiger partial charge in [-0.3, -0.25) is 19.8 Å². The Morgan fingerprint density at radius 2 is 1.36 bits per heavy atom. The van der Waals surface area contributed by atoms with Crippen molar-refractivity contribution in [1.29, 1.82) is 0 Å². The van der Waals surface area contributed by atoms with Gasteiger partial charge in [0.15, 0.2) is 0 Å². The summed E-state index contributed by atoms with van der Waals surface area (Å²) in [6, 6.07) is 5.19. The Morgan fingerprint density at radius 1 is 0.773 bits per heavy atom. The minimum absolute atomic E-state index is 0.204. The van der Waals surface area contributed by atoms with Gasteiger partial charge >= 0.3 is 12.4 Å². The Labute approximate surface area is 251 Å². The molecule has 0 aliphatic rings. The molecule has 0 aliphatic heterocycles. The van der Waals surface area contributed by atoms with Crippen LogP contribution in [0.5, 0.6) is 0 Å². The Bertz CT molecular complexity index is 1220. The van der Waals surface area contributed by atoms with Gasteiger partial charge in [-0.1, -0.05) is 18.2 Å². The molecule has 0 aliphatic carbocycles. The Hall–Kier alpha value is -3.73. The first-order valence-corrected chi connectivity index (χ1v) is 13.6. The van der Waals surface area contributed by atoms with Gasteiger partial charge in [0.1, 0.15) is 6.04 Å². The van der Waals surface area contributed by atoms with Gasteiger partial charge in [-0.2, -0.15) is 26.3 Å². The molecular weight excluding hydrogens is 596 g/mol. The fourth-order valence-electron chi connectivity index (χ4n) is 4.00. The van der Waals surface area contributed by atoms with E-state index in [4.69, 9.17) is 0 Å². The van der Waals surface area contributed by atoms with Crippen LogP contribution in [0.3, 0.4) is 0 Å². The Morgan fingerprint density at radius 3 is 1.89 bits per heavy atom. The van der Waals surface area contributed by atoms with Crippen LogP contribution in [0, 0.1) is 0 Å². The molecular formula is C28H37F6N7O3. The van der Waals surface area contributed by atoms with E-state index in [-0.39, 0.29) is 24.1 Å². The number of hydrogen-bond donors (Lipinski definition) is 6. The molecule has 16 heteroatoms. The Kier molecular flexibility index (Phi) is 14.0. The van der Waals surface area contributed by atoms with Gasteiger partial charge in [0.05, 0.1) is 23.6 Å². The second kappa shape index (κ2) is 16.9. The predicted molar refractivity (Wildman–Crippen MR) is 152 cm³/mol. The van der Waals surface area contributed by atoms with Crippen molar-refractivity contribution in [3.05, 3.63) is 65.2 Å². The van der Waals surface area contributed by atoms with Crippen LogP contribution in [-0.2, 0) is 33.2 Å². The lowest BCUT2D eigenvalue weighted by molar-refractivity contribution is -0.138. The van der Waals surface area contributed by atoms with Crippen molar-refractivity contribution in [2.75, 3.05) is 52.6 Å². The summed E-state index contributed by atoms with van der Waals surface area (Å²) in [6.45, 7) is 2.11. The number of carbonyl (C=O) groups excluding carboxylic acids is 3. The summed E-state index contributed by atoms with van der Waals surface area (Å²) in [5, 5.41) is 15.1. The van der Waals surface area contributed by atoms with E-state index < -0.39 is 53.3 Å². The molecule has 2 unspecified atom stereocenters. The average Bonchev–Trinajstić information content (AvgIpc) is 2.96. The molecule has 0 bridgehead atoms. The number of amides is 3. The van der Waals surface area contributed by atoms with E-state index in [0.29, 0.717) is 32.2 Å². The van der Waals surface area contributed by atoms with Crippen molar-refractivity contribution in [3.8, 4) is 0 Å². The van der Waals surface area contributed by atoms with Gasteiger partial charge in [-0.15, -0.1) is 0 Å². The van der Waals surface area contributed by atoms with Gasteiger partial charge in [-0.05, 0) is 57.0 Å². The smallest absolute Gasteiger partial charge is 0.343 e. The summed E-state index contributed by atoms with van der Waals surface area (Å²) in [4.78, 5) is 39.2. The van der Waals surface area contributed by atoms with Crippen molar-refractivity contribution in [2.24, 2.45) is 0 Å². The van der Waals surface area contributed by atoms with Gasteiger partial charge < -0.3 is 26.6 Å². The summed E-state index contributed by atoms with van der Waals surface area (Å²) in [7, 11) is 4.93. The van der Waals surface area contributed by atoms with Gasteiger partial charge in [0.25, 0.3) is 0 Å². The van der Waals surface area contributed by atoms with E-state index in [9.17, 15) is 40.7 Å². The SMILES string of the molecule is CNCCN(CCNC)NC(=O)CC(NC)C(=O)NC(Cc1ccc(C(F)(F)F)cc1)C(=O)Nc1cccc(C(F)(F)F)c1. The molecule has 0 heterocycles. The lowest BCUT2D eigenvalue weighted by Crippen LogP contribution is -2.54. The molecule has 3 amide bonds. The molecule has 0 fully saturated rings. The summed E-state index contributed by atoms with van der Waals surface area (Å²) in [5.74, 6) is -2.20. The fourth-order valence-corrected chi connectivity index (χ4v) is 4.00. The number of hydrogen-bond acceptors (Lipinski definition) is 7. The maximum Gasteiger partial charge on any atom is 0.416 e. The summed E-state index contributed by atoms with van der Waals surface area (Å²) in [6.07, 6.45) is -9.90. The maximum absolute atomic E-state index is 13.2. The van der Waals surface area contributed by atoms with Crippen LogP contribution >= 0.6 is 0 Å². The van der Waals surface area contributed by atoms with E-state index >= 15 is 0 Å². The van der Waals surface area contributed by atoms with E-state index in [1.807, 2.05) is 0 Å². The summed E-state index contributed by atoms with van der Waals surface area (Å²) >= 11 is 0. The Balaban J connectivity index is 2.23. The number of nitrogens with one attached hydrogen (secondary N) is 6. The van der Waals surface area contributed by atoms with E-state index in [0.717, 1.165) is 36.4 Å². The fraction of sp³-hybridized carbons (Fsp3) is 0.464. The standard InChI is InChI=1S/C28H37F6N7O3/c1-35-11-13-41(14-12-36-2)40-24(42)17-22(37-3)25(43)39-23(15-18-7-9-19(10-8-18)27(29,30)31)26(44)38-21-6-4-5-20(16-21)28(32,33)34/h4-10,16,22-23,35-37H,11-15,17H2,1-3H3,(H,38,44)(H,39,43)(H,40,42).